The average Bonchev–Trinajstić information content (AvgIpc) is 3.19. The van der Waals surface area contributed by atoms with Gasteiger partial charge in [-0.1, -0.05) is 125 Å². The SMILES string of the molecule is CCCC(CC)C(C)(C)CC.O=C(O)CCCCCCCCCCCCCCC(=O)ON1C(=O)CCC1=O. The van der Waals surface area contributed by atoms with Crippen LogP contribution in [0.1, 0.15) is 163 Å². The molecule has 1 aliphatic heterocycles. The van der Waals surface area contributed by atoms with Crippen molar-refractivity contribution in [3.8, 4) is 0 Å². The molecule has 0 aromatic rings. The third-order valence-corrected chi connectivity index (χ3v) is 7.87. The first-order valence-electron chi connectivity index (χ1n) is 15.4. The van der Waals surface area contributed by atoms with Crippen molar-refractivity contribution < 1.29 is 29.1 Å². The van der Waals surface area contributed by atoms with Crippen molar-refractivity contribution in [3.63, 3.8) is 0 Å². The van der Waals surface area contributed by atoms with Crippen molar-refractivity contribution in [1.29, 1.82) is 0 Å². The molecule has 1 fully saturated rings. The van der Waals surface area contributed by atoms with Gasteiger partial charge in [-0.25, -0.2) is 4.79 Å². The Morgan fingerprint density at radius 3 is 1.58 bits per heavy atom. The summed E-state index contributed by atoms with van der Waals surface area (Å²) in [4.78, 5) is 49.5. The Balaban J connectivity index is 0.00000105. The number of hydroxylamine groups is 2. The molecule has 1 rings (SSSR count). The average molecular weight is 540 g/mol. The molecule has 0 aromatic heterocycles. The van der Waals surface area contributed by atoms with Crippen LogP contribution in [0.3, 0.4) is 0 Å². The van der Waals surface area contributed by atoms with Crippen molar-refractivity contribution in [1.82, 2.24) is 5.06 Å². The number of imide groups is 1. The summed E-state index contributed by atoms with van der Waals surface area (Å²) in [6, 6.07) is 0. The first kappa shape index (κ1) is 36.1. The highest BCUT2D eigenvalue weighted by molar-refractivity contribution is 6.01. The highest BCUT2D eigenvalue weighted by Gasteiger charge is 2.32. The number of carbonyl (C=O) groups is 4. The lowest BCUT2D eigenvalue weighted by Crippen LogP contribution is -2.31. The van der Waals surface area contributed by atoms with E-state index < -0.39 is 23.8 Å². The lowest BCUT2D eigenvalue weighted by atomic mass is 9.73. The Morgan fingerprint density at radius 2 is 1.21 bits per heavy atom. The third kappa shape index (κ3) is 17.6. The minimum Gasteiger partial charge on any atom is -0.481 e. The molecule has 1 unspecified atom stereocenters. The largest absolute Gasteiger partial charge is 0.481 e. The lowest BCUT2D eigenvalue weighted by Gasteiger charge is -2.32. The van der Waals surface area contributed by atoms with Crippen LogP contribution < -0.4 is 0 Å². The zero-order valence-electron chi connectivity index (χ0n) is 25.2. The maximum Gasteiger partial charge on any atom is 0.333 e. The number of amides is 2. The van der Waals surface area contributed by atoms with Gasteiger partial charge >= 0.3 is 11.9 Å². The fourth-order valence-electron chi connectivity index (χ4n) is 4.90. The van der Waals surface area contributed by atoms with Crippen LogP contribution in [0.5, 0.6) is 0 Å². The van der Waals surface area contributed by atoms with Gasteiger partial charge in [-0.2, -0.15) is 0 Å². The van der Waals surface area contributed by atoms with Crippen LogP contribution in [0, 0.1) is 11.3 Å². The topological polar surface area (TPSA) is 101 Å². The Morgan fingerprint density at radius 1 is 0.789 bits per heavy atom. The van der Waals surface area contributed by atoms with Gasteiger partial charge in [-0.05, 0) is 24.2 Å². The van der Waals surface area contributed by atoms with Gasteiger partial charge in [0.1, 0.15) is 0 Å². The van der Waals surface area contributed by atoms with Crippen molar-refractivity contribution in [3.05, 3.63) is 0 Å². The van der Waals surface area contributed by atoms with Gasteiger partial charge < -0.3 is 9.94 Å². The van der Waals surface area contributed by atoms with Gasteiger partial charge in [0.15, 0.2) is 0 Å². The summed E-state index contributed by atoms with van der Waals surface area (Å²) in [5.74, 6) is -1.16. The molecule has 1 N–H and O–H groups in total. The van der Waals surface area contributed by atoms with Crippen LogP contribution in [0.2, 0.25) is 0 Å². The predicted octanol–water partition coefficient (Wildman–Crippen LogP) is 8.39. The zero-order valence-corrected chi connectivity index (χ0v) is 25.2. The summed E-state index contributed by atoms with van der Waals surface area (Å²) in [6.07, 6.45) is 19.0. The second-order valence-corrected chi connectivity index (χ2v) is 11.4. The Kier molecular flexibility index (Phi) is 20.8. The standard InChI is InChI=1S/C20H33NO6.C11H24/c22-17-15-16-18(23)21(17)27-20(26)14-12-10-8-6-4-2-1-3-5-7-9-11-13-19(24)25;1-6-9-10(7-2)11(4,5)8-3/h1-16H2,(H,24,25);10H,6-9H2,1-5H3. The molecule has 222 valence electrons. The van der Waals surface area contributed by atoms with Crippen LogP contribution in [-0.4, -0.2) is 33.9 Å². The van der Waals surface area contributed by atoms with Crippen LogP contribution in [0.15, 0.2) is 0 Å². The van der Waals surface area contributed by atoms with Crippen molar-refractivity contribution in [2.45, 2.75) is 163 Å². The Hall–Kier alpha value is -1.92. The summed E-state index contributed by atoms with van der Waals surface area (Å²) >= 11 is 0. The van der Waals surface area contributed by atoms with Crippen LogP contribution in [-0.2, 0) is 24.0 Å². The number of unbranched alkanes of at least 4 members (excludes halogenated alkanes) is 11. The Bertz CT molecular complexity index is 659. The first-order chi connectivity index (χ1) is 18.1. The quantitative estimate of drug-likeness (QED) is 0.116. The molecule has 0 bridgehead atoms. The monoisotopic (exact) mass is 539 g/mol. The van der Waals surface area contributed by atoms with E-state index in [0.29, 0.717) is 16.9 Å². The highest BCUT2D eigenvalue weighted by atomic mass is 16.7. The van der Waals surface area contributed by atoms with Crippen LogP contribution in [0.4, 0.5) is 0 Å². The second kappa shape index (κ2) is 22.0. The number of nitrogens with zero attached hydrogens (tertiary/aromatic N) is 1. The summed E-state index contributed by atoms with van der Waals surface area (Å²) < 4.78 is 0. The van der Waals surface area contributed by atoms with Gasteiger partial charge in [0.05, 0.1) is 0 Å². The summed E-state index contributed by atoms with van der Waals surface area (Å²) in [5, 5.41) is 9.15. The molecule has 0 aromatic carbocycles. The molecule has 7 heteroatoms. The van der Waals surface area contributed by atoms with Crippen LogP contribution >= 0.6 is 0 Å². The van der Waals surface area contributed by atoms with Crippen molar-refractivity contribution in [2.24, 2.45) is 11.3 Å². The molecule has 0 radical (unpaired) electrons. The molecule has 0 saturated carbocycles. The second-order valence-electron chi connectivity index (χ2n) is 11.4. The predicted molar refractivity (Wildman–Crippen MR) is 152 cm³/mol. The summed E-state index contributed by atoms with van der Waals surface area (Å²) in [7, 11) is 0. The zero-order chi connectivity index (χ0) is 28.8. The fourth-order valence-corrected chi connectivity index (χ4v) is 4.90. The Labute approximate surface area is 232 Å². The van der Waals surface area contributed by atoms with E-state index in [1.807, 2.05) is 0 Å². The summed E-state index contributed by atoms with van der Waals surface area (Å²) in [6.45, 7) is 11.7. The first-order valence-corrected chi connectivity index (χ1v) is 15.4. The van der Waals surface area contributed by atoms with E-state index in [-0.39, 0.29) is 25.7 Å². The van der Waals surface area contributed by atoms with E-state index in [0.717, 1.165) is 44.4 Å². The molecule has 1 aliphatic rings. The van der Waals surface area contributed by atoms with Crippen molar-refractivity contribution in [2.75, 3.05) is 0 Å². The number of aliphatic carboxylic acids is 1. The number of carboxylic acid groups (broad SMARTS) is 1. The molecule has 7 nitrogen and oxygen atoms in total. The van der Waals surface area contributed by atoms with Crippen LogP contribution in [0.25, 0.3) is 0 Å². The number of hydrogen-bond donors (Lipinski definition) is 1. The highest BCUT2D eigenvalue weighted by Crippen LogP contribution is 2.35. The smallest absolute Gasteiger partial charge is 0.333 e. The minimum atomic E-state index is -0.705. The minimum absolute atomic E-state index is 0.122. The van der Waals surface area contributed by atoms with E-state index in [1.54, 1.807) is 0 Å². The molecular weight excluding hydrogens is 482 g/mol. The number of carbonyl (C=O) groups excluding carboxylic acids is 3. The number of carboxylic acids is 1. The van der Waals surface area contributed by atoms with E-state index >= 15 is 0 Å². The fraction of sp³-hybridized carbons (Fsp3) is 0.871. The van der Waals surface area contributed by atoms with Gasteiger partial charge in [0, 0.05) is 25.7 Å². The molecule has 0 aliphatic carbocycles. The van der Waals surface area contributed by atoms with Gasteiger partial charge in [-0.15, -0.1) is 5.06 Å². The molecule has 38 heavy (non-hydrogen) atoms. The molecule has 2 amide bonds. The lowest BCUT2D eigenvalue weighted by molar-refractivity contribution is -0.197. The normalized spacial score (nSPS) is 14.3. The van der Waals surface area contributed by atoms with Crippen molar-refractivity contribution >= 4 is 23.8 Å². The molecule has 1 atom stereocenters. The maximum atomic E-state index is 11.6. The molecule has 1 heterocycles. The van der Waals surface area contributed by atoms with Gasteiger partial charge in [0.25, 0.3) is 11.8 Å². The van der Waals surface area contributed by atoms with E-state index in [4.69, 9.17) is 9.94 Å². The number of hydrogen-bond acceptors (Lipinski definition) is 5. The van der Waals surface area contributed by atoms with Gasteiger partial charge in [-0.3, -0.25) is 14.4 Å². The third-order valence-electron chi connectivity index (χ3n) is 7.87. The molecular formula is C31H57NO6. The maximum absolute atomic E-state index is 11.6. The summed E-state index contributed by atoms with van der Waals surface area (Å²) in [5.41, 5.74) is 0.560. The van der Waals surface area contributed by atoms with Gasteiger partial charge in [0.2, 0.25) is 0 Å². The van der Waals surface area contributed by atoms with E-state index in [1.165, 1.54) is 57.8 Å². The molecule has 0 spiro atoms. The van der Waals surface area contributed by atoms with E-state index in [9.17, 15) is 19.2 Å². The molecule has 1 saturated heterocycles. The van der Waals surface area contributed by atoms with E-state index in [2.05, 4.69) is 34.6 Å². The number of rotatable bonds is 21.